The molecule has 2 rings (SSSR count). The second-order valence-corrected chi connectivity index (χ2v) is 4.22. The van der Waals surface area contributed by atoms with E-state index >= 15 is 0 Å². The highest BCUT2D eigenvalue weighted by Crippen LogP contribution is 2.24. The van der Waals surface area contributed by atoms with Crippen LogP contribution in [0, 0.1) is 6.42 Å². The Bertz CT molecular complexity index is 119. The van der Waals surface area contributed by atoms with Gasteiger partial charge >= 0.3 is 0 Å². The van der Waals surface area contributed by atoms with Gasteiger partial charge in [-0.2, -0.15) is 0 Å². The van der Waals surface area contributed by atoms with E-state index < -0.39 is 0 Å². The van der Waals surface area contributed by atoms with E-state index in [1.54, 1.807) is 0 Å². The topological polar surface area (TPSA) is 3.24 Å². The summed E-state index contributed by atoms with van der Waals surface area (Å²) in [4.78, 5) is 2.69. The van der Waals surface area contributed by atoms with E-state index in [9.17, 15) is 0 Å². The van der Waals surface area contributed by atoms with Crippen molar-refractivity contribution in [3.05, 3.63) is 6.42 Å². The van der Waals surface area contributed by atoms with Crippen LogP contribution in [-0.2, 0) is 0 Å². The average molecular weight is 166 g/mol. The molecule has 2 aliphatic rings. The third-order valence-corrected chi connectivity index (χ3v) is 3.33. The predicted molar refractivity (Wildman–Crippen MR) is 52.0 cm³/mol. The minimum absolute atomic E-state index is 0.936. The fraction of sp³-hybridized carbons (Fsp3) is 0.909. The molecule has 1 radical (unpaired) electrons. The molecule has 1 saturated carbocycles. The fourth-order valence-corrected chi connectivity index (χ4v) is 2.56. The second kappa shape index (κ2) is 4.27. The van der Waals surface area contributed by atoms with Gasteiger partial charge in [0.15, 0.2) is 0 Å². The van der Waals surface area contributed by atoms with Gasteiger partial charge in [0.1, 0.15) is 0 Å². The van der Waals surface area contributed by atoms with Crippen LogP contribution in [0.1, 0.15) is 44.9 Å². The van der Waals surface area contributed by atoms with Crippen LogP contribution in [0.15, 0.2) is 0 Å². The van der Waals surface area contributed by atoms with E-state index in [4.69, 9.17) is 0 Å². The summed E-state index contributed by atoms with van der Waals surface area (Å²) in [6, 6.07) is 0.936. The van der Waals surface area contributed by atoms with Crippen molar-refractivity contribution in [3.8, 4) is 0 Å². The first-order valence-corrected chi connectivity index (χ1v) is 5.52. The van der Waals surface area contributed by atoms with Crippen LogP contribution in [0.2, 0.25) is 0 Å². The first-order valence-electron chi connectivity index (χ1n) is 5.52. The Morgan fingerprint density at radius 1 is 1.00 bits per heavy atom. The minimum atomic E-state index is 0.936. The molecular formula is C11H20N. The van der Waals surface area contributed by atoms with Crippen molar-refractivity contribution in [2.75, 3.05) is 13.1 Å². The molecule has 1 aliphatic heterocycles. The lowest BCUT2D eigenvalue weighted by Gasteiger charge is -2.25. The summed E-state index contributed by atoms with van der Waals surface area (Å²) in [6.07, 6.45) is 12.6. The quantitative estimate of drug-likeness (QED) is 0.541. The Hall–Kier alpha value is -0.0400. The molecule has 0 unspecified atom stereocenters. The van der Waals surface area contributed by atoms with Gasteiger partial charge in [0, 0.05) is 12.6 Å². The first kappa shape index (κ1) is 8.55. The van der Waals surface area contributed by atoms with Crippen molar-refractivity contribution in [2.24, 2.45) is 0 Å². The Morgan fingerprint density at radius 3 is 2.33 bits per heavy atom. The number of rotatable bonds is 1. The van der Waals surface area contributed by atoms with E-state index in [-0.39, 0.29) is 0 Å². The van der Waals surface area contributed by atoms with Gasteiger partial charge in [-0.1, -0.05) is 25.7 Å². The van der Waals surface area contributed by atoms with Crippen LogP contribution in [0.5, 0.6) is 0 Å². The molecule has 12 heavy (non-hydrogen) atoms. The lowest BCUT2D eigenvalue weighted by molar-refractivity contribution is 0.225. The zero-order valence-corrected chi connectivity index (χ0v) is 7.97. The molecule has 0 bridgehead atoms. The minimum Gasteiger partial charge on any atom is -0.300 e. The Kier molecular flexibility index (Phi) is 3.04. The van der Waals surface area contributed by atoms with Crippen LogP contribution in [0.4, 0.5) is 0 Å². The zero-order chi connectivity index (χ0) is 8.23. The van der Waals surface area contributed by atoms with Crippen molar-refractivity contribution in [2.45, 2.75) is 51.0 Å². The standard InChI is InChI=1S/C11H20N/c1-2-4-8-11(7-3-1)12-9-5-6-10-12/h5,11H,1-4,6-10H2. The van der Waals surface area contributed by atoms with Crippen LogP contribution in [0.3, 0.4) is 0 Å². The monoisotopic (exact) mass is 166 g/mol. The molecule has 0 atom stereocenters. The first-order chi connectivity index (χ1) is 5.97. The van der Waals surface area contributed by atoms with Crippen molar-refractivity contribution in [3.63, 3.8) is 0 Å². The summed E-state index contributed by atoms with van der Waals surface area (Å²) in [5.74, 6) is 0. The Labute approximate surface area is 76.1 Å². The van der Waals surface area contributed by atoms with E-state index in [1.165, 1.54) is 58.0 Å². The predicted octanol–water partition coefficient (Wildman–Crippen LogP) is 2.62. The SMILES string of the molecule is [CH]1CCN(C2CCCCCC2)C1. The molecule has 1 heterocycles. The molecule has 0 aromatic heterocycles. The smallest absolute Gasteiger partial charge is 0.00953 e. The molecule has 2 fully saturated rings. The maximum absolute atomic E-state index is 2.69. The Morgan fingerprint density at radius 2 is 1.75 bits per heavy atom. The largest absolute Gasteiger partial charge is 0.300 e. The molecule has 0 spiro atoms. The molecule has 69 valence electrons. The summed E-state index contributed by atoms with van der Waals surface area (Å²) in [7, 11) is 0. The summed E-state index contributed by atoms with van der Waals surface area (Å²) >= 11 is 0. The van der Waals surface area contributed by atoms with Gasteiger partial charge in [-0.3, -0.25) is 0 Å². The normalized spacial score (nSPS) is 29.0. The molecular weight excluding hydrogens is 146 g/mol. The number of likely N-dealkylation sites (tertiary alicyclic amines) is 1. The highest BCUT2D eigenvalue weighted by atomic mass is 15.2. The van der Waals surface area contributed by atoms with E-state index in [1.807, 2.05) is 0 Å². The molecule has 0 aromatic rings. The second-order valence-electron chi connectivity index (χ2n) is 4.22. The summed E-state index contributed by atoms with van der Waals surface area (Å²) in [6.45, 7) is 2.61. The average Bonchev–Trinajstić information content (AvgIpc) is 2.48. The van der Waals surface area contributed by atoms with E-state index in [0.717, 1.165) is 6.04 Å². The van der Waals surface area contributed by atoms with E-state index in [0.29, 0.717) is 0 Å². The summed E-state index contributed by atoms with van der Waals surface area (Å²) in [5, 5.41) is 0. The van der Waals surface area contributed by atoms with Gasteiger partial charge < -0.3 is 4.90 Å². The van der Waals surface area contributed by atoms with Gasteiger partial charge in [0.25, 0.3) is 0 Å². The van der Waals surface area contributed by atoms with Crippen LogP contribution in [-0.4, -0.2) is 24.0 Å². The van der Waals surface area contributed by atoms with Crippen molar-refractivity contribution in [1.29, 1.82) is 0 Å². The highest BCUT2D eigenvalue weighted by Gasteiger charge is 2.22. The lowest BCUT2D eigenvalue weighted by atomic mass is 10.1. The molecule has 0 N–H and O–H groups in total. The Balaban J connectivity index is 1.83. The lowest BCUT2D eigenvalue weighted by Crippen LogP contribution is -2.32. The molecule has 1 nitrogen and oxygen atoms in total. The van der Waals surface area contributed by atoms with Crippen LogP contribution >= 0.6 is 0 Å². The van der Waals surface area contributed by atoms with Crippen molar-refractivity contribution < 1.29 is 0 Å². The van der Waals surface area contributed by atoms with Crippen LogP contribution in [0.25, 0.3) is 0 Å². The maximum atomic E-state index is 2.69. The third kappa shape index (κ3) is 2.01. The van der Waals surface area contributed by atoms with Crippen molar-refractivity contribution in [1.82, 2.24) is 4.90 Å². The zero-order valence-electron chi connectivity index (χ0n) is 7.97. The van der Waals surface area contributed by atoms with E-state index in [2.05, 4.69) is 11.3 Å². The maximum Gasteiger partial charge on any atom is 0.00953 e. The van der Waals surface area contributed by atoms with Gasteiger partial charge in [0.05, 0.1) is 0 Å². The summed E-state index contributed by atoms with van der Waals surface area (Å²) < 4.78 is 0. The molecule has 1 saturated heterocycles. The number of hydrogen-bond acceptors (Lipinski definition) is 1. The highest BCUT2D eigenvalue weighted by molar-refractivity contribution is 4.86. The van der Waals surface area contributed by atoms with Crippen molar-refractivity contribution >= 4 is 0 Å². The molecule has 1 aliphatic carbocycles. The van der Waals surface area contributed by atoms with Gasteiger partial charge in [-0.05, 0) is 32.2 Å². The number of hydrogen-bond donors (Lipinski definition) is 0. The van der Waals surface area contributed by atoms with Gasteiger partial charge in [-0.25, -0.2) is 0 Å². The fourth-order valence-electron chi connectivity index (χ4n) is 2.56. The third-order valence-electron chi connectivity index (χ3n) is 3.33. The molecule has 1 heteroatoms. The number of nitrogens with zero attached hydrogens (tertiary/aromatic N) is 1. The van der Waals surface area contributed by atoms with Crippen LogP contribution < -0.4 is 0 Å². The van der Waals surface area contributed by atoms with Gasteiger partial charge in [-0.15, -0.1) is 0 Å². The van der Waals surface area contributed by atoms with Gasteiger partial charge in [0.2, 0.25) is 0 Å². The molecule has 0 aromatic carbocycles. The molecule has 0 amide bonds. The summed E-state index contributed by atoms with van der Waals surface area (Å²) in [5.41, 5.74) is 0.